The molecule has 124 valence electrons. The second kappa shape index (κ2) is 6.63. The van der Waals surface area contributed by atoms with E-state index in [2.05, 4.69) is 0 Å². The molecule has 0 aromatic heterocycles. The molecule has 2 N–H and O–H groups in total. The number of hydrogen-bond donors (Lipinski definition) is 2. The number of halogens is 2. The van der Waals surface area contributed by atoms with Gasteiger partial charge in [-0.2, -0.15) is 0 Å². The molecule has 0 radical (unpaired) electrons. The maximum Gasteiger partial charge on any atom is 0.337 e. The van der Waals surface area contributed by atoms with E-state index in [0.29, 0.717) is 0 Å². The van der Waals surface area contributed by atoms with E-state index in [4.69, 9.17) is 23.2 Å². The summed E-state index contributed by atoms with van der Waals surface area (Å²) >= 11 is 12.3. The lowest BCUT2D eigenvalue weighted by molar-refractivity contribution is -0.150. The molecule has 0 aliphatic carbocycles. The highest BCUT2D eigenvalue weighted by Crippen LogP contribution is 2.42. The van der Waals surface area contributed by atoms with Gasteiger partial charge in [0.2, 0.25) is 15.5 Å². The van der Waals surface area contributed by atoms with Crippen LogP contribution >= 0.6 is 23.2 Å². The smallest absolute Gasteiger partial charge is 0.337 e. The summed E-state index contributed by atoms with van der Waals surface area (Å²) in [4.78, 5) is 31.2. The van der Waals surface area contributed by atoms with Gasteiger partial charge in [0.1, 0.15) is 0 Å². The minimum atomic E-state index is -2.64. The molecule has 0 heterocycles. The molecule has 2 aromatic carbocycles. The fraction of sp³-hybridized carbons (Fsp3) is 0.118. The van der Waals surface area contributed by atoms with Gasteiger partial charge in [0.25, 0.3) is 0 Å². The van der Waals surface area contributed by atoms with Gasteiger partial charge in [0, 0.05) is 0 Å². The van der Waals surface area contributed by atoms with Crippen LogP contribution < -0.4 is 0 Å². The van der Waals surface area contributed by atoms with Gasteiger partial charge < -0.3 is 10.2 Å². The highest BCUT2D eigenvalue weighted by atomic mass is 35.5. The molecule has 2 rings (SSSR count). The third kappa shape index (κ3) is 2.77. The van der Waals surface area contributed by atoms with Gasteiger partial charge in [-0.05, 0) is 11.1 Å². The molecule has 5 nitrogen and oxygen atoms in total. The van der Waals surface area contributed by atoms with Crippen molar-refractivity contribution in [3.05, 3.63) is 71.8 Å². The molecule has 2 aromatic rings. The Hall–Kier alpha value is -2.37. The molecule has 0 aliphatic heterocycles. The summed E-state index contributed by atoms with van der Waals surface area (Å²) in [5.74, 6) is -4.78. The van der Waals surface area contributed by atoms with Crippen LogP contribution in [0.1, 0.15) is 11.1 Å². The largest absolute Gasteiger partial charge is 0.479 e. The summed E-state index contributed by atoms with van der Waals surface area (Å²) in [6.07, 6.45) is 0. The number of hydrogen-bond acceptors (Lipinski definition) is 3. The third-order valence-electron chi connectivity index (χ3n) is 3.56. The zero-order valence-corrected chi connectivity index (χ0v) is 13.7. The van der Waals surface area contributed by atoms with Crippen molar-refractivity contribution in [3.63, 3.8) is 0 Å². The van der Waals surface area contributed by atoms with Crippen LogP contribution in [0.3, 0.4) is 0 Å². The second-order valence-electron chi connectivity index (χ2n) is 4.99. The molecule has 2 unspecified atom stereocenters. The van der Waals surface area contributed by atoms with Gasteiger partial charge in [-0.1, -0.05) is 83.9 Å². The summed E-state index contributed by atoms with van der Waals surface area (Å²) in [6, 6.07) is 14.5. The minimum absolute atomic E-state index is 0.0774. The normalized spacial score (nSPS) is 15.8. The monoisotopic (exact) mass is 366 g/mol. The molecule has 7 heteroatoms. The van der Waals surface area contributed by atoms with Crippen molar-refractivity contribution in [1.29, 1.82) is 0 Å². The minimum Gasteiger partial charge on any atom is -0.479 e. The van der Waals surface area contributed by atoms with Crippen LogP contribution in [-0.4, -0.2) is 27.9 Å². The Morgan fingerprint density at radius 3 is 1.21 bits per heavy atom. The van der Waals surface area contributed by atoms with Crippen LogP contribution in [0.2, 0.25) is 0 Å². The summed E-state index contributed by atoms with van der Waals surface area (Å²) in [6.45, 7) is 0. The Bertz CT molecular complexity index is 713. The van der Waals surface area contributed by atoms with Crippen LogP contribution in [0.25, 0.3) is 0 Å². The average Bonchev–Trinajstić information content (AvgIpc) is 2.60. The van der Waals surface area contributed by atoms with Crippen LogP contribution in [0.5, 0.6) is 0 Å². The maximum atomic E-state index is 12.9. The summed E-state index contributed by atoms with van der Waals surface area (Å²) in [5, 5.41) is 19.1. The Labute approximate surface area is 147 Å². The lowest BCUT2D eigenvalue weighted by atomic mass is 9.82. The Morgan fingerprint density at radius 2 is 0.958 bits per heavy atom. The first-order valence-corrected chi connectivity index (χ1v) is 7.51. The molecular weight excluding hydrogens is 355 g/mol. The van der Waals surface area contributed by atoms with Crippen molar-refractivity contribution in [1.82, 2.24) is 0 Å². The molecule has 0 bridgehead atoms. The van der Waals surface area contributed by atoms with E-state index >= 15 is 0 Å². The quantitative estimate of drug-likeness (QED) is 0.605. The Balaban J connectivity index is 2.68. The van der Waals surface area contributed by atoms with Crippen LogP contribution in [0.15, 0.2) is 60.7 Å². The second-order valence-corrected chi connectivity index (χ2v) is 6.12. The average molecular weight is 367 g/mol. The molecule has 0 saturated carbocycles. The summed E-state index contributed by atoms with van der Waals surface area (Å²) in [5.41, 5.74) is -0.155. The predicted octanol–water partition coefficient (Wildman–Crippen LogP) is 2.99. The van der Waals surface area contributed by atoms with Gasteiger partial charge in [0.05, 0.1) is 0 Å². The van der Waals surface area contributed by atoms with E-state index in [9.17, 15) is 24.6 Å². The van der Waals surface area contributed by atoms with E-state index in [1.165, 1.54) is 48.5 Å². The standard InChI is InChI=1S/C17H12Cl2O5/c18-16(14(21)22,11-7-3-1-4-8-11)13(20)17(19,15(23)24)12-9-5-2-6-10-12/h1-10H,(H,21,22)(H,23,24). The number of carbonyl (C=O) groups excluding carboxylic acids is 1. The van der Waals surface area contributed by atoms with Crippen molar-refractivity contribution in [2.75, 3.05) is 0 Å². The Kier molecular flexibility index (Phi) is 4.96. The fourth-order valence-electron chi connectivity index (χ4n) is 2.28. The van der Waals surface area contributed by atoms with Crippen molar-refractivity contribution >= 4 is 40.9 Å². The lowest BCUT2D eigenvalue weighted by Crippen LogP contribution is -2.51. The number of benzene rings is 2. The lowest BCUT2D eigenvalue weighted by Gasteiger charge is -2.30. The van der Waals surface area contributed by atoms with E-state index in [0.717, 1.165) is 0 Å². The topological polar surface area (TPSA) is 91.7 Å². The molecule has 0 amide bonds. The first-order chi connectivity index (χ1) is 11.3. The zero-order valence-electron chi connectivity index (χ0n) is 12.1. The van der Waals surface area contributed by atoms with Crippen molar-refractivity contribution in [3.8, 4) is 0 Å². The Morgan fingerprint density at radius 1 is 0.667 bits per heavy atom. The highest BCUT2D eigenvalue weighted by molar-refractivity contribution is 6.55. The van der Waals surface area contributed by atoms with Gasteiger partial charge in [-0.25, -0.2) is 9.59 Å². The first kappa shape index (κ1) is 18.0. The van der Waals surface area contributed by atoms with E-state index in [-0.39, 0.29) is 11.1 Å². The summed E-state index contributed by atoms with van der Waals surface area (Å²) in [7, 11) is 0. The number of ketones is 1. The number of rotatable bonds is 6. The van der Waals surface area contributed by atoms with Crippen LogP contribution in [0.4, 0.5) is 0 Å². The number of alkyl halides is 2. The van der Waals surface area contributed by atoms with Crippen molar-refractivity contribution in [2.45, 2.75) is 9.75 Å². The van der Waals surface area contributed by atoms with Crippen LogP contribution in [0, 0.1) is 0 Å². The van der Waals surface area contributed by atoms with Crippen molar-refractivity contribution in [2.24, 2.45) is 0 Å². The van der Waals surface area contributed by atoms with Crippen LogP contribution in [-0.2, 0) is 24.1 Å². The van der Waals surface area contributed by atoms with Gasteiger partial charge >= 0.3 is 11.9 Å². The molecular formula is C17H12Cl2O5. The SMILES string of the molecule is O=C(O)C(Cl)(C(=O)C(Cl)(C(=O)O)c1ccccc1)c1ccccc1. The van der Waals surface area contributed by atoms with Crippen molar-refractivity contribution < 1.29 is 24.6 Å². The number of Topliss-reactive ketones (excluding diaryl/α,β-unsaturated/α-hetero) is 1. The van der Waals surface area contributed by atoms with E-state index in [1.807, 2.05) is 0 Å². The maximum absolute atomic E-state index is 12.9. The molecule has 2 atom stereocenters. The van der Waals surface area contributed by atoms with Gasteiger partial charge in [-0.15, -0.1) is 0 Å². The predicted molar refractivity (Wildman–Crippen MR) is 88.2 cm³/mol. The third-order valence-corrected chi connectivity index (χ3v) is 4.66. The van der Waals surface area contributed by atoms with Gasteiger partial charge in [0.15, 0.2) is 0 Å². The molecule has 24 heavy (non-hydrogen) atoms. The number of carboxylic acid groups (broad SMARTS) is 2. The summed E-state index contributed by atoms with van der Waals surface area (Å²) < 4.78 is 0. The van der Waals surface area contributed by atoms with E-state index < -0.39 is 27.5 Å². The highest BCUT2D eigenvalue weighted by Gasteiger charge is 2.59. The molecule has 0 aliphatic rings. The fourth-order valence-corrected chi connectivity index (χ4v) is 2.86. The zero-order chi connectivity index (χ0) is 18.0. The molecule has 0 fully saturated rings. The van der Waals surface area contributed by atoms with Gasteiger partial charge in [-0.3, -0.25) is 4.79 Å². The number of carboxylic acids is 2. The van der Waals surface area contributed by atoms with E-state index in [1.54, 1.807) is 12.1 Å². The number of carbonyl (C=O) groups is 3. The molecule has 0 saturated heterocycles. The first-order valence-electron chi connectivity index (χ1n) is 6.76. The molecule has 0 spiro atoms. The number of aliphatic carboxylic acids is 2.